The van der Waals surface area contributed by atoms with Crippen molar-refractivity contribution in [3.63, 3.8) is 0 Å². The van der Waals surface area contributed by atoms with E-state index in [1.807, 2.05) is 26.0 Å². The second kappa shape index (κ2) is 6.96. The third-order valence-electron chi connectivity index (χ3n) is 5.12. The van der Waals surface area contributed by atoms with Crippen LogP contribution in [0.3, 0.4) is 0 Å². The number of hydrogen-bond donors (Lipinski definition) is 0. The molecule has 2 atom stereocenters. The predicted octanol–water partition coefficient (Wildman–Crippen LogP) is 3.03. The molecule has 0 amide bonds. The number of aromatic nitrogens is 3. The van der Waals surface area contributed by atoms with Gasteiger partial charge in [0.05, 0.1) is 19.3 Å². The second-order valence-corrected chi connectivity index (χ2v) is 7.53. The molecule has 0 N–H and O–H groups in total. The van der Waals surface area contributed by atoms with Gasteiger partial charge in [0.1, 0.15) is 11.4 Å². The molecule has 4 heterocycles. The maximum absolute atomic E-state index is 6.35. The lowest BCUT2D eigenvalue weighted by Crippen LogP contribution is -2.56. The molecule has 2 fully saturated rings. The van der Waals surface area contributed by atoms with Crippen molar-refractivity contribution in [2.75, 3.05) is 31.2 Å². The number of anilines is 1. The first kappa shape index (κ1) is 17.4. The van der Waals surface area contributed by atoms with Gasteiger partial charge in [-0.1, -0.05) is 25.9 Å². The lowest BCUT2D eigenvalue weighted by atomic mass is 9.98. The minimum Gasteiger partial charge on any atom is -0.378 e. The number of pyridine rings is 1. The van der Waals surface area contributed by atoms with E-state index >= 15 is 0 Å². The van der Waals surface area contributed by atoms with Gasteiger partial charge in [0.15, 0.2) is 5.82 Å². The van der Waals surface area contributed by atoms with E-state index in [-0.39, 0.29) is 17.6 Å². The molecule has 4 rings (SSSR count). The van der Waals surface area contributed by atoms with Crippen LogP contribution in [0.2, 0.25) is 0 Å². The van der Waals surface area contributed by atoms with E-state index in [0.29, 0.717) is 12.5 Å². The summed E-state index contributed by atoms with van der Waals surface area (Å²) >= 11 is 0. The smallest absolute Gasteiger partial charge is 0.258 e. The van der Waals surface area contributed by atoms with Gasteiger partial charge in [0.2, 0.25) is 0 Å². The maximum Gasteiger partial charge on any atom is 0.258 e. The first-order valence-corrected chi connectivity index (χ1v) is 9.39. The molecular formula is C19H26N4O3. The third-order valence-corrected chi connectivity index (χ3v) is 5.12. The zero-order valence-corrected chi connectivity index (χ0v) is 15.6. The molecule has 140 valence electrons. The zero-order valence-electron chi connectivity index (χ0n) is 15.6. The first-order valence-electron chi connectivity index (χ1n) is 9.39. The highest BCUT2D eigenvalue weighted by Crippen LogP contribution is 2.33. The summed E-state index contributed by atoms with van der Waals surface area (Å²) in [6.45, 7) is 9.30. The minimum atomic E-state index is -0.216. The Bertz CT molecular complexity index is 755. The predicted molar refractivity (Wildman–Crippen MR) is 97.2 cm³/mol. The summed E-state index contributed by atoms with van der Waals surface area (Å²) in [5.74, 6) is 2.41. The van der Waals surface area contributed by atoms with Gasteiger partial charge in [0.25, 0.3) is 5.89 Å². The van der Waals surface area contributed by atoms with E-state index in [0.717, 1.165) is 49.7 Å². The van der Waals surface area contributed by atoms with Crippen LogP contribution in [0.1, 0.15) is 45.4 Å². The normalized spacial score (nSPS) is 26.2. The van der Waals surface area contributed by atoms with E-state index in [4.69, 9.17) is 14.0 Å². The van der Waals surface area contributed by atoms with Crippen LogP contribution < -0.4 is 4.90 Å². The molecular weight excluding hydrogens is 332 g/mol. The Morgan fingerprint density at radius 2 is 2.27 bits per heavy atom. The van der Waals surface area contributed by atoms with Gasteiger partial charge < -0.3 is 18.9 Å². The molecule has 0 aliphatic carbocycles. The summed E-state index contributed by atoms with van der Waals surface area (Å²) in [5.41, 5.74) is 0.678. The quantitative estimate of drug-likeness (QED) is 0.831. The molecule has 2 aliphatic heterocycles. The third kappa shape index (κ3) is 3.33. The summed E-state index contributed by atoms with van der Waals surface area (Å²) in [6, 6.07) is 3.94. The van der Waals surface area contributed by atoms with Crippen LogP contribution in [0, 0.1) is 0 Å². The Morgan fingerprint density at radius 1 is 1.38 bits per heavy atom. The lowest BCUT2D eigenvalue weighted by Gasteiger charge is -2.44. The second-order valence-electron chi connectivity index (χ2n) is 7.53. The average molecular weight is 358 g/mol. The number of nitrogens with zero attached hydrogens (tertiary/aromatic N) is 4. The Morgan fingerprint density at radius 3 is 2.96 bits per heavy atom. The Labute approximate surface area is 153 Å². The molecule has 2 aromatic rings. The van der Waals surface area contributed by atoms with Crippen LogP contribution in [-0.4, -0.2) is 53.1 Å². The van der Waals surface area contributed by atoms with E-state index in [2.05, 4.69) is 26.9 Å². The number of morpholine rings is 1. The Hall–Kier alpha value is -1.99. The van der Waals surface area contributed by atoms with Crippen LogP contribution in [0.4, 0.5) is 5.82 Å². The van der Waals surface area contributed by atoms with Gasteiger partial charge in [-0.2, -0.15) is 4.98 Å². The van der Waals surface area contributed by atoms with Crippen molar-refractivity contribution >= 4 is 5.82 Å². The molecule has 26 heavy (non-hydrogen) atoms. The highest BCUT2D eigenvalue weighted by atomic mass is 16.6. The van der Waals surface area contributed by atoms with Crippen LogP contribution in [0.15, 0.2) is 22.9 Å². The van der Waals surface area contributed by atoms with Crippen LogP contribution in [0.25, 0.3) is 11.5 Å². The maximum atomic E-state index is 6.35. The minimum absolute atomic E-state index is 0.187. The molecule has 0 bridgehead atoms. The highest BCUT2D eigenvalue weighted by molar-refractivity contribution is 5.59. The van der Waals surface area contributed by atoms with Crippen LogP contribution in [-0.2, 0) is 9.47 Å². The van der Waals surface area contributed by atoms with E-state index < -0.39 is 0 Å². The summed E-state index contributed by atoms with van der Waals surface area (Å²) in [6.07, 6.45) is 3.89. The van der Waals surface area contributed by atoms with E-state index in [9.17, 15) is 0 Å². The van der Waals surface area contributed by atoms with Crippen LogP contribution >= 0.6 is 0 Å². The lowest BCUT2D eigenvalue weighted by molar-refractivity contribution is -0.107. The molecule has 2 aromatic heterocycles. The van der Waals surface area contributed by atoms with E-state index in [1.165, 1.54) is 0 Å². The monoisotopic (exact) mass is 358 g/mol. The number of ether oxygens (including phenoxy) is 2. The van der Waals surface area contributed by atoms with E-state index in [1.54, 1.807) is 6.20 Å². The molecule has 0 aromatic carbocycles. The van der Waals surface area contributed by atoms with Crippen molar-refractivity contribution in [2.45, 2.75) is 51.2 Å². The van der Waals surface area contributed by atoms with Crippen molar-refractivity contribution in [3.8, 4) is 11.5 Å². The van der Waals surface area contributed by atoms with Crippen molar-refractivity contribution in [1.29, 1.82) is 0 Å². The fourth-order valence-electron chi connectivity index (χ4n) is 3.59. The number of hydrogen-bond acceptors (Lipinski definition) is 7. The largest absolute Gasteiger partial charge is 0.378 e. The standard InChI is InChI=1S/C19H26N4O3/c1-4-15-10-23(11-19(25-15)6-8-24-12-19)16-9-14(5-7-20-16)18-21-17(13(2)3)22-26-18/h5,7,9,13,15H,4,6,8,10-12H2,1-3H3. The summed E-state index contributed by atoms with van der Waals surface area (Å²) in [7, 11) is 0. The fourth-order valence-corrected chi connectivity index (χ4v) is 3.59. The van der Waals surface area contributed by atoms with Gasteiger partial charge >= 0.3 is 0 Å². The van der Waals surface area contributed by atoms with Gasteiger partial charge in [0, 0.05) is 37.3 Å². The van der Waals surface area contributed by atoms with Gasteiger partial charge in [-0.05, 0) is 18.6 Å². The van der Waals surface area contributed by atoms with Gasteiger partial charge in [-0.15, -0.1) is 0 Å². The van der Waals surface area contributed by atoms with Crippen LogP contribution in [0.5, 0.6) is 0 Å². The molecule has 2 unspecified atom stereocenters. The Balaban J connectivity index is 1.60. The molecule has 7 heteroatoms. The van der Waals surface area contributed by atoms with Crippen molar-refractivity contribution in [1.82, 2.24) is 15.1 Å². The summed E-state index contributed by atoms with van der Waals surface area (Å²) < 4.78 is 17.4. The molecule has 0 radical (unpaired) electrons. The first-order chi connectivity index (χ1) is 12.6. The molecule has 1 spiro atoms. The van der Waals surface area contributed by atoms with Gasteiger partial charge in [-0.3, -0.25) is 0 Å². The molecule has 2 aliphatic rings. The van der Waals surface area contributed by atoms with Crippen molar-refractivity contribution < 1.29 is 14.0 Å². The topological polar surface area (TPSA) is 73.5 Å². The Kier molecular flexibility index (Phi) is 4.67. The fraction of sp³-hybridized carbons (Fsp3) is 0.632. The number of rotatable bonds is 4. The van der Waals surface area contributed by atoms with Gasteiger partial charge in [-0.25, -0.2) is 4.98 Å². The zero-order chi connectivity index (χ0) is 18.1. The SMILES string of the molecule is CCC1CN(c2cc(-c3nc(C(C)C)no3)ccn2)CC2(CCOC2)O1. The molecule has 2 saturated heterocycles. The van der Waals surface area contributed by atoms with Crippen molar-refractivity contribution in [2.24, 2.45) is 0 Å². The summed E-state index contributed by atoms with van der Waals surface area (Å²) in [4.78, 5) is 11.4. The highest BCUT2D eigenvalue weighted by Gasteiger charge is 2.43. The molecule has 7 nitrogen and oxygen atoms in total. The summed E-state index contributed by atoms with van der Waals surface area (Å²) in [5, 5.41) is 4.06. The average Bonchev–Trinajstić information content (AvgIpc) is 3.31. The van der Waals surface area contributed by atoms with Crippen molar-refractivity contribution in [3.05, 3.63) is 24.2 Å². The molecule has 0 saturated carbocycles.